The second-order valence-corrected chi connectivity index (χ2v) is 3.62. The zero-order valence-electron chi connectivity index (χ0n) is 6.64. The van der Waals surface area contributed by atoms with E-state index < -0.39 is 0 Å². The van der Waals surface area contributed by atoms with Crippen molar-refractivity contribution in [2.75, 3.05) is 5.33 Å². The summed E-state index contributed by atoms with van der Waals surface area (Å²) in [6.07, 6.45) is 0.745. The summed E-state index contributed by atoms with van der Waals surface area (Å²) in [4.78, 5) is 10.6. The van der Waals surface area contributed by atoms with Gasteiger partial charge in [-0.2, -0.15) is 0 Å². The number of halogens is 3. The van der Waals surface area contributed by atoms with Crippen LogP contribution in [0.1, 0.15) is 11.5 Å². The van der Waals surface area contributed by atoms with Crippen molar-refractivity contribution in [2.45, 2.75) is 5.92 Å². The van der Waals surface area contributed by atoms with Gasteiger partial charge in [0.2, 0.25) is 0 Å². The molecule has 4 heteroatoms. The lowest BCUT2D eigenvalue weighted by Crippen LogP contribution is -2.02. The maximum atomic E-state index is 12.8. The highest BCUT2D eigenvalue weighted by Gasteiger charge is 2.13. The molecule has 0 heterocycles. The molecule has 1 unspecified atom stereocenters. The maximum Gasteiger partial charge on any atom is 0.128 e. The van der Waals surface area contributed by atoms with Gasteiger partial charge in [-0.15, -0.1) is 0 Å². The lowest BCUT2D eigenvalue weighted by Gasteiger charge is -2.08. The average Bonchev–Trinajstić information content (AvgIpc) is 2.13. The minimum absolute atomic E-state index is 0.382. The molecule has 0 amide bonds. The normalized spacial score (nSPS) is 12.5. The number of alkyl halides is 1. The Kier molecular flexibility index (Phi) is 3.88. The Balaban J connectivity index is 3.10. The molecule has 0 aromatic heterocycles. The number of hydrogen-bond acceptors (Lipinski definition) is 1. The molecule has 0 aliphatic rings. The summed E-state index contributed by atoms with van der Waals surface area (Å²) < 4.78 is 12.8. The van der Waals surface area contributed by atoms with E-state index >= 15 is 0 Å². The summed E-state index contributed by atoms with van der Waals surface area (Å²) in [7, 11) is 0. The van der Waals surface area contributed by atoms with Crippen LogP contribution >= 0.6 is 27.5 Å². The van der Waals surface area contributed by atoms with Gasteiger partial charge in [0.15, 0.2) is 0 Å². The first kappa shape index (κ1) is 10.7. The second-order valence-electron chi connectivity index (χ2n) is 2.56. The van der Waals surface area contributed by atoms with Gasteiger partial charge in [0.1, 0.15) is 12.1 Å². The van der Waals surface area contributed by atoms with Crippen molar-refractivity contribution in [2.24, 2.45) is 0 Å². The van der Waals surface area contributed by atoms with Gasteiger partial charge >= 0.3 is 0 Å². The number of carbonyl (C=O) groups is 1. The molecule has 13 heavy (non-hydrogen) atoms. The maximum absolute atomic E-state index is 12.8. The molecule has 0 bridgehead atoms. The molecule has 1 nitrogen and oxygen atoms in total. The average molecular weight is 266 g/mol. The van der Waals surface area contributed by atoms with Gasteiger partial charge in [-0.1, -0.05) is 27.5 Å². The first-order valence-corrected chi connectivity index (χ1v) is 5.15. The van der Waals surface area contributed by atoms with Gasteiger partial charge in [0, 0.05) is 10.4 Å². The van der Waals surface area contributed by atoms with E-state index in [1.54, 1.807) is 0 Å². The molecule has 1 atom stereocenters. The Labute approximate surface area is 89.0 Å². The Morgan fingerprint density at radius 2 is 2.31 bits per heavy atom. The Hall–Kier alpha value is -0.410. The van der Waals surface area contributed by atoms with Crippen LogP contribution < -0.4 is 0 Å². The zero-order valence-corrected chi connectivity index (χ0v) is 8.98. The molecule has 0 aliphatic heterocycles. The fourth-order valence-corrected chi connectivity index (χ4v) is 1.75. The summed E-state index contributed by atoms with van der Waals surface area (Å²) in [6.45, 7) is 0. The standard InChI is InChI=1S/C9H7BrClFO/c10-4-6(5-13)8-3-7(12)1-2-9(8)11/h1-3,5-6H,4H2. The van der Waals surface area contributed by atoms with Crippen LogP contribution in [0.15, 0.2) is 18.2 Å². The lowest BCUT2D eigenvalue weighted by atomic mass is 10.0. The molecule has 0 N–H and O–H groups in total. The van der Waals surface area contributed by atoms with Crippen LogP contribution in [0.2, 0.25) is 5.02 Å². The number of aldehydes is 1. The van der Waals surface area contributed by atoms with Gasteiger partial charge in [-0.05, 0) is 23.8 Å². The molecule has 1 aromatic carbocycles. The highest BCUT2D eigenvalue weighted by Crippen LogP contribution is 2.25. The first-order chi connectivity index (χ1) is 6.19. The molecule has 0 spiro atoms. The van der Waals surface area contributed by atoms with E-state index in [1.165, 1.54) is 18.2 Å². The van der Waals surface area contributed by atoms with E-state index in [0.29, 0.717) is 15.9 Å². The minimum atomic E-state index is -0.386. The third-order valence-electron chi connectivity index (χ3n) is 1.69. The van der Waals surface area contributed by atoms with Crippen molar-refractivity contribution in [3.05, 3.63) is 34.6 Å². The quantitative estimate of drug-likeness (QED) is 0.606. The number of carbonyl (C=O) groups excluding carboxylic acids is 1. The summed E-state index contributed by atoms with van der Waals surface area (Å²) >= 11 is 8.96. The van der Waals surface area contributed by atoms with Gasteiger partial charge in [-0.25, -0.2) is 4.39 Å². The largest absolute Gasteiger partial charge is 0.303 e. The zero-order chi connectivity index (χ0) is 9.84. The molecule has 0 saturated heterocycles. The monoisotopic (exact) mass is 264 g/mol. The van der Waals surface area contributed by atoms with Crippen molar-refractivity contribution >= 4 is 33.8 Å². The summed E-state index contributed by atoms with van der Waals surface area (Å²) in [5, 5.41) is 0.859. The van der Waals surface area contributed by atoms with Crippen LogP contribution in [-0.2, 0) is 4.79 Å². The molecule has 70 valence electrons. The molecular formula is C9H7BrClFO. The molecule has 0 aliphatic carbocycles. The van der Waals surface area contributed by atoms with Crippen molar-refractivity contribution in [1.82, 2.24) is 0 Å². The summed E-state index contributed by atoms with van der Waals surface area (Å²) in [5.74, 6) is -0.768. The van der Waals surface area contributed by atoms with Crippen LogP contribution in [0.5, 0.6) is 0 Å². The first-order valence-electron chi connectivity index (χ1n) is 3.65. The number of benzene rings is 1. The molecule has 0 saturated carbocycles. The minimum Gasteiger partial charge on any atom is -0.303 e. The van der Waals surface area contributed by atoms with Crippen LogP contribution in [0.4, 0.5) is 4.39 Å². The summed E-state index contributed by atoms with van der Waals surface area (Å²) in [6, 6.07) is 4.00. The van der Waals surface area contributed by atoms with Crippen molar-refractivity contribution < 1.29 is 9.18 Å². The SMILES string of the molecule is O=CC(CBr)c1cc(F)ccc1Cl. The van der Waals surface area contributed by atoms with E-state index in [0.717, 1.165) is 6.29 Å². The van der Waals surface area contributed by atoms with Gasteiger partial charge < -0.3 is 4.79 Å². The van der Waals surface area contributed by atoms with Crippen LogP contribution in [0.25, 0.3) is 0 Å². The fourth-order valence-electron chi connectivity index (χ4n) is 0.992. The predicted octanol–water partition coefficient (Wildman–Crippen LogP) is 3.16. The molecule has 0 fully saturated rings. The summed E-state index contributed by atoms with van der Waals surface area (Å²) in [5.41, 5.74) is 0.522. The highest BCUT2D eigenvalue weighted by atomic mass is 79.9. The third-order valence-corrected chi connectivity index (χ3v) is 2.73. The number of rotatable bonds is 3. The Morgan fingerprint density at radius 3 is 2.85 bits per heavy atom. The smallest absolute Gasteiger partial charge is 0.128 e. The van der Waals surface area contributed by atoms with Crippen molar-refractivity contribution in [3.63, 3.8) is 0 Å². The Morgan fingerprint density at radius 1 is 1.62 bits per heavy atom. The molecular weight excluding hydrogens is 258 g/mol. The van der Waals surface area contributed by atoms with Gasteiger partial charge in [-0.3, -0.25) is 0 Å². The van der Waals surface area contributed by atoms with E-state index in [4.69, 9.17) is 11.6 Å². The van der Waals surface area contributed by atoms with E-state index in [-0.39, 0.29) is 11.7 Å². The van der Waals surface area contributed by atoms with Crippen LogP contribution in [-0.4, -0.2) is 11.6 Å². The Bertz CT molecular complexity index is 316. The molecule has 1 aromatic rings. The van der Waals surface area contributed by atoms with Gasteiger partial charge in [0.25, 0.3) is 0 Å². The van der Waals surface area contributed by atoms with E-state index in [2.05, 4.69) is 15.9 Å². The number of hydrogen-bond donors (Lipinski definition) is 0. The lowest BCUT2D eigenvalue weighted by molar-refractivity contribution is -0.108. The van der Waals surface area contributed by atoms with Crippen LogP contribution in [0.3, 0.4) is 0 Å². The highest BCUT2D eigenvalue weighted by molar-refractivity contribution is 9.09. The van der Waals surface area contributed by atoms with E-state index in [9.17, 15) is 9.18 Å². The second kappa shape index (κ2) is 4.72. The molecule has 0 radical (unpaired) electrons. The van der Waals surface area contributed by atoms with Gasteiger partial charge in [0.05, 0.1) is 5.92 Å². The fraction of sp³-hybridized carbons (Fsp3) is 0.222. The predicted molar refractivity (Wildman–Crippen MR) is 54.0 cm³/mol. The van der Waals surface area contributed by atoms with Crippen LogP contribution in [0, 0.1) is 5.82 Å². The van der Waals surface area contributed by atoms with E-state index in [1.807, 2.05) is 0 Å². The third kappa shape index (κ3) is 2.51. The topological polar surface area (TPSA) is 17.1 Å². The molecule has 1 rings (SSSR count). The van der Waals surface area contributed by atoms with Crippen molar-refractivity contribution in [1.29, 1.82) is 0 Å². The van der Waals surface area contributed by atoms with Crippen molar-refractivity contribution in [3.8, 4) is 0 Å².